The van der Waals surface area contributed by atoms with E-state index in [1.165, 1.54) is 11.3 Å². The number of hydrogen-bond acceptors (Lipinski definition) is 3. The molecule has 0 aliphatic carbocycles. The lowest BCUT2D eigenvalue weighted by atomic mass is 9.94. The zero-order chi connectivity index (χ0) is 14.0. The Hall–Kier alpha value is -1.63. The Labute approximate surface area is 121 Å². The molecule has 0 amide bonds. The molecule has 0 fully saturated rings. The van der Waals surface area contributed by atoms with E-state index in [-0.39, 0.29) is 5.78 Å². The van der Waals surface area contributed by atoms with E-state index >= 15 is 0 Å². The third-order valence-electron chi connectivity index (χ3n) is 2.89. The molecule has 4 heteroatoms. The smallest absolute Gasteiger partial charge is 0.195 e. The lowest BCUT2D eigenvalue weighted by Gasteiger charge is -2.08. The summed E-state index contributed by atoms with van der Waals surface area (Å²) in [6.07, 6.45) is 0. The number of halogens is 1. The first kappa shape index (κ1) is 13.8. The number of carbonyl (C=O) groups excluding carboxylic acids is 1. The largest absolute Gasteiger partial charge is 0.291 e. The van der Waals surface area contributed by atoms with Crippen LogP contribution >= 0.6 is 22.9 Å². The third kappa shape index (κ3) is 2.70. The molecule has 2 nitrogen and oxygen atoms in total. The number of aryl methyl sites for hydroxylation is 2. The molecule has 2 rings (SSSR count). The topological polar surface area (TPSA) is 40.9 Å². The fourth-order valence-electron chi connectivity index (χ4n) is 1.86. The fourth-order valence-corrected chi connectivity index (χ4v) is 3.12. The van der Waals surface area contributed by atoms with Gasteiger partial charge in [0.2, 0.25) is 0 Å². The van der Waals surface area contributed by atoms with Crippen LogP contribution in [0, 0.1) is 25.2 Å². The zero-order valence-corrected chi connectivity index (χ0v) is 12.2. The van der Waals surface area contributed by atoms with E-state index in [4.69, 9.17) is 11.6 Å². The van der Waals surface area contributed by atoms with E-state index in [2.05, 4.69) is 6.07 Å². The second-order valence-corrected chi connectivity index (χ2v) is 5.66. The summed E-state index contributed by atoms with van der Waals surface area (Å²) >= 11 is 7.40. The summed E-state index contributed by atoms with van der Waals surface area (Å²) in [5.41, 5.74) is 2.62. The van der Waals surface area contributed by atoms with Crippen LogP contribution in [0.15, 0.2) is 29.6 Å². The highest BCUT2D eigenvalue weighted by atomic mass is 35.5. The third-order valence-corrected chi connectivity index (χ3v) is 4.60. The lowest BCUT2D eigenvalue weighted by Crippen LogP contribution is -2.10. The molecule has 0 N–H and O–H groups in total. The summed E-state index contributed by atoms with van der Waals surface area (Å²) in [6.45, 7) is 3.79. The normalized spacial score (nSPS) is 11.9. The van der Waals surface area contributed by atoms with Crippen molar-refractivity contribution in [3.8, 4) is 6.07 Å². The van der Waals surface area contributed by atoms with Crippen LogP contribution in [0.1, 0.15) is 32.3 Å². The Morgan fingerprint density at radius 1 is 1.42 bits per heavy atom. The number of benzene rings is 1. The summed E-state index contributed by atoms with van der Waals surface area (Å²) in [5.74, 6) is -1.02. The number of Topliss-reactive ketones (excluding diaryl/α,β-unsaturated/α-hetero) is 1. The van der Waals surface area contributed by atoms with Gasteiger partial charge in [0, 0.05) is 0 Å². The van der Waals surface area contributed by atoms with Crippen LogP contribution in [0.5, 0.6) is 0 Å². The van der Waals surface area contributed by atoms with Gasteiger partial charge in [-0.25, -0.2) is 0 Å². The molecule has 1 aromatic heterocycles. The van der Waals surface area contributed by atoms with Gasteiger partial charge < -0.3 is 0 Å². The molecule has 2 aromatic rings. The summed E-state index contributed by atoms with van der Waals surface area (Å²) in [4.78, 5) is 12.9. The number of ketones is 1. The van der Waals surface area contributed by atoms with Crippen LogP contribution in [0.4, 0.5) is 0 Å². The van der Waals surface area contributed by atoms with Crippen molar-refractivity contribution < 1.29 is 4.79 Å². The molecule has 0 radical (unpaired) electrons. The van der Waals surface area contributed by atoms with Crippen molar-refractivity contribution in [2.24, 2.45) is 0 Å². The van der Waals surface area contributed by atoms with Crippen LogP contribution in [-0.4, -0.2) is 5.78 Å². The second kappa shape index (κ2) is 5.56. The van der Waals surface area contributed by atoms with E-state index in [0.717, 1.165) is 16.7 Å². The van der Waals surface area contributed by atoms with Crippen molar-refractivity contribution in [2.45, 2.75) is 19.8 Å². The van der Waals surface area contributed by atoms with Crippen molar-refractivity contribution in [3.05, 3.63) is 56.2 Å². The van der Waals surface area contributed by atoms with Crippen LogP contribution < -0.4 is 0 Å². The number of thiophene rings is 1. The Morgan fingerprint density at radius 3 is 2.68 bits per heavy atom. The van der Waals surface area contributed by atoms with Crippen LogP contribution in [-0.2, 0) is 0 Å². The predicted octanol–water partition coefficient (Wildman–Crippen LogP) is 4.51. The molecule has 1 unspecified atom stereocenters. The molecule has 1 atom stereocenters. The van der Waals surface area contributed by atoms with E-state index < -0.39 is 5.92 Å². The first-order valence-corrected chi connectivity index (χ1v) is 7.04. The monoisotopic (exact) mass is 289 g/mol. The summed E-state index contributed by atoms with van der Waals surface area (Å²) in [7, 11) is 0. The van der Waals surface area contributed by atoms with Gasteiger partial charge in [0.05, 0.1) is 16.0 Å². The number of carbonyl (C=O) groups is 1. The first-order chi connectivity index (χ1) is 9.04. The van der Waals surface area contributed by atoms with Crippen molar-refractivity contribution in [3.63, 3.8) is 0 Å². The number of nitrogens with zero attached hydrogens (tertiary/aromatic N) is 1. The van der Waals surface area contributed by atoms with Gasteiger partial charge in [-0.15, -0.1) is 11.3 Å². The number of hydrogen-bond donors (Lipinski definition) is 0. The average molecular weight is 290 g/mol. The minimum Gasteiger partial charge on any atom is -0.291 e. The quantitative estimate of drug-likeness (QED) is 0.780. The van der Waals surface area contributed by atoms with Gasteiger partial charge >= 0.3 is 0 Å². The van der Waals surface area contributed by atoms with Gasteiger partial charge in [0.25, 0.3) is 0 Å². The van der Waals surface area contributed by atoms with Crippen LogP contribution in [0.25, 0.3) is 0 Å². The molecule has 1 aromatic carbocycles. The van der Waals surface area contributed by atoms with Crippen LogP contribution in [0.2, 0.25) is 5.02 Å². The highest BCUT2D eigenvalue weighted by molar-refractivity contribution is 7.13. The van der Waals surface area contributed by atoms with Gasteiger partial charge in [-0.3, -0.25) is 4.79 Å². The number of nitriles is 1. The lowest BCUT2D eigenvalue weighted by molar-refractivity contribution is 0.0983. The molecule has 0 aliphatic rings. The first-order valence-electron chi connectivity index (χ1n) is 5.78. The maximum atomic E-state index is 12.4. The minimum absolute atomic E-state index is 0.226. The van der Waals surface area contributed by atoms with Gasteiger partial charge in [0.1, 0.15) is 5.92 Å². The molecule has 0 aliphatic heterocycles. The fraction of sp³-hybridized carbons (Fsp3) is 0.200. The minimum atomic E-state index is -0.796. The van der Waals surface area contributed by atoms with E-state index in [1.807, 2.05) is 37.4 Å². The molecule has 1 heterocycles. The molecule has 19 heavy (non-hydrogen) atoms. The van der Waals surface area contributed by atoms with Crippen molar-refractivity contribution >= 4 is 28.7 Å². The molecule has 0 saturated heterocycles. The summed E-state index contributed by atoms with van der Waals surface area (Å²) in [6, 6.07) is 9.52. The van der Waals surface area contributed by atoms with Gasteiger partial charge in [0.15, 0.2) is 5.78 Å². The Balaban J connectivity index is 2.41. The summed E-state index contributed by atoms with van der Waals surface area (Å²) < 4.78 is 0. The maximum absolute atomic E-state index is 12.4. The Kier molecular flexibility index (Phi) is 4.04. The maximum Gasteiger partial charge on any atom is 0.195 e. The van der Waals surface area contributed by atoms with E-state index in [9.17, 15) is 10.1 Å². The molecular formula is C15H12ClNOS. The SMILES string of the molecule is Cc1cccc(C(C#N)C(=O)c2scc(C)c2Cl)c1. The van der Waals surface area contributed by atoms with E-state index in [1.54, 1.807) is 6.07 Å². The predicted molar refractivity (Wildman–Crippen MR) is 77.9 cm³/mol. The van der Waals surface area contributed by atoms with Crippen molar-refractivity contribution in [2.75, 3.05) is 0 Å². The highest BCUT2D eigenvalue weighted by Gasteiger charge is 2.25. The molecule has 0 spiro atoms. The Morgan fingerprint density at radius 2 is 2.16 bits per heavy atom. The average Bonchev–Trinajstić information content (AvgIpc) is 2.71. The van der Waals surface area contributed by atoms with Gasteiger partial charge in [-0.2, -0.15) is 5.26 Å². The molecule has 0 bridgehead atoms. The molecule has 96 valence electrons. The van der Waals surface area contributed by atoms with Gasteiger partial charge in [-0.1, -0.05) is 41.4 Å². The van der Waals surface area contributed by atoms with Crippen LogP contribution in [0.3, 0.4) is 0 Å². The highest BCUT2D eigenvalue weighted by Crippen LogP contribution is 2.32. The number of rotatable bonds is 3. The molecule has 0 saturated carbocycles. The standard InChI is InChI=1S/C15H12ClNOS/c1-9-4-3-5-11(6-9)12(7-17)14(18)15-13(16)10(2)8-19-15/h3-6,8,12H,1-2H3. The Bertz CT molecular complexity index is 669. The van der Waals surface area contributed by atoms with Crippen molar-refractivity contribution in [1.82, 2.24) is 0 Å². The molecular weight excluding hydrogens is 278 g/mol. The second-order valence-electron chi connectivity index (χ2n) is 4.40. The van der Waals surface area contributed by atoms with E-state index in [0.29, 0.717) is 9.90 Å². The van der Waals surface area contributed by atoms with Crippen molar-refractivity contribution in [1.29, 1.82) is 5.26 Å². The van der Waals surface area contributed by atoms with Gasteiger partial charge in [-0.05, 0) is 30.4 Å². The zero-order valence-electron chi connectivity index (χ0n) is 10.6. The summed E-state index contributed by atoms with van der Waals surface area (Å²) in [5, 5.41) is 11.6.